The maximum Gasteiger partial charge on any atom is 0.270 e. The summed E-state index contributed by atoms with van der Waals surface area (Å²) in [5.74, 6) is 1.21. The number of fused-ring (bicyclic) bond motifs is 1. The first-order valence-corrected chi connectivity index (χ1v) is 10.5. The molecule has 33 heavy (non-hydrogen) atoms. The maximum absolute atomic E-state index is 12.5. The van der Waals surface area contributed by atoms with E-state index in [1.807, 2.05) is 43.3 Å². The lowest BCUT2D eigenvalue weighted by atomic mass is 10.1. The van der Waals surface area contributed by atoms with E-state index in [0.29, 0.717) is 35.2 Å². The molecule has 1 aliphatic heterocycles. The Morgan fingerprint density at radius 1 is 1.09 bits per heavy atom. The molecule has 4 rings (SSSR count). The minimum absolute atomic E-state index is 0.262. The highest BCUT2D eigenvalue weighted by atomic mass is 16.5. The topological polar surface area (TPSA) is 85.9 Å². The van der Waals surface area contributed by atoms with Crippen LogP contribution < -0.4 is 24.8 Å². The van der Waals surface area contributed by atoms with Crippen molar-refractivity contribution in [1.82, 2.24) is 0 Å². The Hall–Kier alpha value is -4.26. The van der Waals surface area contributed by atoms with E-state index in [0.717, 1.165) is 11.1 Å². The summed E-state index contributed by atoms with van der Waals surface area (Å²) in [5.41, 5.74) is 2.61. The van der Waals surface area contributed by atoms with Gasteiger partial charge < -0.3 is 24.8 Å². The van der Waals surface area contributed by atoms with Crippen LogP contribution in [-0.2, 0) is 9.59 Å². The van der Waals surface area contributed by atoms with Gasteiger partial charge in [-0.15, -0.1) is 0 Å². The number of anilines is 2. The number of amides is 2. The van der Waals surface area contributed by atoms with Crippen LogP contribution in [0.3, 0.4) is 0 Å². The summed E-state index contributed by atoms with van der Waals surface area (Å²) in [5, 5.41) is 5.64. The van der Waals surface area contributed by atoms with Crippen molar-refractivity contribution in [3.63, 3.8) is 0 Å². The van der Waals surface area contributed by atoms with Gasteiger partial charge >= 0.3 is 0 Å². The number of benzene rings is 3. The Labute approximate surface area is 192 Å². The van der Waals surface area contributed by atoms with Gasteiger partial charge in [-0.3, -0.25) is 9.59 Å². The average molecular weight is 444 g/mol. The second kappa shape index (κ2) is 9.91. The first-order chi connectivity index (χ1) is 16.1. The monoisotopic (exact) mass is 444 g/mol. The number of carbonyl (C=O) groups excluding carboxylic acids is 2. The molecule has 2 amide bonds. The quantitative estimate of drug-likeness (QED) is 0.511. The molecule has 0 spiro atoms. The van der Waals surface area contributed by atoms with Crippen molar-refractivity contribution in [2.24, 2.45) is 0 Å². The van der Waals surface area contributed by atoms with Gasteiger partial charge in [0.05, 0.1) is 19.4 Å². The zero-order chi connectivity index (χ0) is 23.2. The zero-order valence-corrected chi connectivity index (χ0v) is 18.3. The Balaban J connectivity index is 1.43. The highest BCUT2D eigenvalue weighted by Crippen LogP contribution is 2.36. The molecule has 1 unspecified atom stereocenters. The first-order valence-electron chi connectivity index (χ1n) is 10.5. The minimum atomic E-state index is -0.715. The Morgan fingerprint density at radius 2 is 1.91 bits per heavy atom. The summed E-state index contributed by atoms with van der Waals surface area (Å²) in [7, 11) is 1.57. The van der Waals surface area contributed by atoms with Crippen LogP contribution in [0.2, 0.25) is 0 Å². The maximum atomic E-state index is 12.5. The van der Waals surface area contributed by atoms with Crippen LogP contribution in [0.5, 0.6) is 17.2 Å². The third-order valence-electron chi connectivity index (χ3n) is 5.00. The van der Waals surface area contributed by atoms with Gasteiger partial charge in [0.25, 0.3) is 5.91 Å². The van der Waals surface area contributed by atoms with Crippen LogP contribution in [0.25, 0.3) is 6.08 Å². The second-order valence-electron chi connectivity index (χ2n) is 7.27. The second-order valence-corrected chi connectivity index (χ2v) is 7.27. The van der Waals surface area contributed by atoms with Gasteiger partial charge in [0.1, 0.15) is 5.75 Å². The molecule has 7 nitrogen and oxygen atoms in total. The summed E-state index contributed by atoms with van der Waals surface area (Å²) in [4.78, 5) is 24.9. The van der Waals surface area contributed by atoms with E-state index in [2.05, 4.69) is 10.6 Å². The Morgan fingerprint density at radius 3 is 2.67 bits per heavy atom. The van der Waals surface area contributed by atoms with Crippen LogP contribution in [0.1, 0.15) is 24.2 Å². The number of nitrogens with one attached hydrogen (secondary N) is 2. The van der Waals surface area contributed by atoms with E-state index in [4.69, 9.17) is 14.2 Å². The lowest BCUT2D eigenvalue weighted by molar-refractivity contribution is -0.123. The van der Waals surface area contributed by atoms with Crippen LogP contribution in [0, 0.1) is 0 Å². The fourth-order valence-corrected chi connectivity index (χ4v) is 3.45. The van der Waals surface area contributed by atoms with Crippen molar-refractivity contribution in [3.8, 4) is 17.2 Å². The van der Waals surface area contributed by atoms with Crippen LogP contribution in [0.15, 0.2) is 72.8 Å². The number of ether oxygens (including phenoxy) is 3. The van der Waals surface area contributed by atoms with Crippen molar-refractivity contribution < 1.29 is 23.8 Å². The molecule has 1 aliphatic rings. The van der Waals surface area contributed by atoms with Gasteiger partial charge in [-0.2, -0.15) is 0 Å². The number of methoxy groups -OCH3 is 1. The lowest BCUT2D eigenvalue weighted by Gasteiger charge is -2.26. The molecule has 7 heteroatoms. The molecule has 0 saturated carbocycles. The predicted molar refractivity (Wildman–Crippen MR) is 127 cm³/mol. The van der Waals surface area contributed by atoms with E-state index < -0.39 is 6.10 Å². The fourth-order valence-electron chi connectivity index (χ4n) is 3.45. The van der Waals surface area contributed by atoms with Crippen molar-refractivity contribution in [2.75, 3.05) is 24.4 Å². The standard InChI is InChI=1S/C26H24N2O5/c1-3-32-22-12-9-17(15-23(22)31-2)10-14-24(29)27-19-11-13-21-20(16-19)28-26(30)25(33-21)18-7-5-4-6-8-18/h4-16,25H,3H2,1-2H3,(H,27,29)(H,28,30)/b14-10+. The van der Waals surface area contributed by atoms with E-state index in [9.17, 15) is 9.59 Å². The van der Waals surface area contributed by atoms with Crippen LogP contribution in [-0.4, -0.2) is 25.5 Å². The Bertz CT molecular complexity index is 1190. The summed E-state index contributed by atoms with van der Waals surface area (Å²) in [6, 6.07) is 19.8. The zero-order valence-electron chi connectivity index (χ0n) is 18.3. The molecule has 1 atom stereocenters. The highest BCUT2D eigenvalue weighted by molar-refractivity contribution is 6.03. The molecule has 0 aromatic heterocycles. The SMILES string of the molecule is CCOc1ccc(/C=C/C(=O)Nc2ccc3c(c2)NC(=O)C(c2ccccc2)O3)cc1OC. The molecular formula is C26H24N2O5. The van der Waals surface area contributed by atoms with E-state index >= 15 is 0 Å². The number of carbonyl (C=O) groups is 2. The molecule has 168 valence electrons. The van der Waals surface area contributed by atoms with Gasteiger partial charge in [-0.05, 0) is 48.9 Å². The lowest BCUT2D eigenvalue weighted by Crippen LogP contribution is -2.30. The summed E-state index contributed by atoms with van der Waals surface area (Å²) in [6.45, 7) is 2.44. The van der Waals surface area contributed by atoms with Crippen molar-refractivity contribution in [3.05, 3.63) is 83.9 Å². The molecule has 3 aromatic rings. The predicted octanol–water partition coefficient (Wildman–Crippen LogP) is 4.82. The van der Waals surface area contributed by atoms with Gasteiger partial charge in [-0.1, -0.05) is 36.4 Å². The summed E-state index contributed by atoms with van der Waals surface area (Å²) in [6.07, 6.45) is 2.39. The van der Waals surface area contributed by atoms with Crippen molar-refractivity contribution in [1.29, 1.82) is 0 Å². The first kappa shape index (κ1) is 22.0. The molecule has 0 aliphatic carbocycles. The summed E-state index contributed by atoms with van der Waals surface area (Å²) < 4.78 is 16.7. The smallest absolute Gasteiger partial charge is 0.270 e. The Kier molecular flexibility index (Phi) is 6.59. The van der Waals surface area contributed by atoms with Gasteiger partial charge in [0, 0.05) is 17.3 Å². The van der Waals surface area contributed by atoms with Crippen LogP contribution in [0.4, 0.5) is 11.4 Å². The van der Waals surface area contributed by atoms with Crippen molar-refractivity contribution >= 4 is 29.3 Å². The number of hydrogen-bond acceptors (Lipinski definition) is 5. The van der Waals surface area contributed by atoms with Crippen molar-refractivity contribution in [2.45, 2.75) is 13.0 Å². The van der Waals surface area contributed by atoms with Gasteiger partial charge in [0.2, 0.25) is 12.0 Å². The molecular weight excluding hydrogens is 420 g/mol. The third kappa shape index (κ3) is 5.15. The number of rotatable bonds is 7. The molecule has 1 heterocycles. The van der Waals surface area contributed by atoms with E-state index in [1.54, 1.807) is 43.5 Å². The van der Waals surface area contributed by atoms with Crippen LogP contribution >= 0.6 is 0 Å². The molecule has 0 saturated heterocycles. The molecule has 0 bridgehead atoms. The highest BCUT2D eigenvalue weighted by Gasteiger charge is 2.29. The molecule has 2 N–H and O–H groups in total. The molecule has 0 radical (unpaired) electrons. The third-order valence-corrected chi connectivity index (χ3v) is 5.00. The molecule has 0 fully saturated rings. The summed E-state index contributed by atoms with van der Waals surface area (Å²) >= 11 is 0. The van der Waals surface area contributed by atoms with E-state index in [1.165, 1.54) is 6.08 Å². The normalized spacial score (nSPS) is 14.7. The minimum Gasteiger partial charge on any atom is -0.493 e. The molecule has 3 aromatic carbocycles. The largest absolute Gasteiger partial charge is 0.493 e. The van der Waals surface area contributed by atoms with E-state index in [-0.39, 0.29) is 11.8 Å². The van der Waals surface area contributed by atoms with Gasteiger partial charge in [-0.25, -0.2) is 0 Å². The average Bonchev–Trinajstić information content (AvgIpc) is 2.83. The fraction of sp³-hybridized carbons (Fsp3) is 0.154. The number of hydrogen-bond donors (Lipinski definition) is 2. The van der Waals surface area contributed by atoms with Gasteiger partial charge in [0.15, 0.2) is 11.5 Å².